The third-order valence-electron chi connectivity index (χ3n) is 2.99. The number of carbonyl (C=O) groups is 1. The number of aliphatic carboxylic acids is 1. The van der Waals surface area contributed by atoms with Crippen LogP contribution in [0.3, 0.4) is 0 Å². The van der Waals surface area contributed by atoms with Crippen molar-refractivity contribution in [3.05, 3.63) is 24.3 Å². The SMILES string of the molecule is COc1ccc(-c2nnnn2CC(CC(=O)O)OC)cc1. The summed E-state index contributed by atoms with van der Waals surface area (Å²) in [6.45, 7) is 0.261. The average molecular weight is 292 g/mol. The average Bonchev–Trinajstić information content (AvgIpc) is 2.94. The van der Waals surface area contributed by atoms with Crippen LogP contribution in [0.25, 0.3) is 11.4 Å². The van der Waals surface area contributed by atoms with Crippen LogP contribution >= 0.6 is 0 Å². The molecule has 0 bridgehead atoms. The van der Waals surface area contributed by atoms with Gasteiger partial charge in [-0.05, 0) is 34.7 Å². The summed E-state index contributed by atoms with van der Waals surface area (Å²) < 4.78 is 11.8. The van der Waals surface area contributed by atoms with Crippen molar-refractivity contribution in [2.45, 2.75) is 19.1 Å². The number of hydrogen-bond acceptors (Lipinski definition) is 6. The van der Waals surface area contributed by atoms with Crippen LogP contribution in [0.4, 0.5) is 0 Å². The van der Waals surface area contributed by atoms with Crippen molar-refractivity contribution in [2.24, 2.45) is 0 Å². The van der Waals surface area contributed by atoms with E-state index < -0.39 is 12.1 Å². The maximum atomic E-state index is 10.8. The Morgan fingerprint density at radius 3 is 2.62 bits per heavy atom. The molecule has 2 aromatic rings. The number of carboxylic acids is 1. The van der Waals surface area contributed by atoms with Gasteiger partial charge in [-0.25, -0.2) is 4.68 Å². The Balaban J connectivity index is 2.18. The van der Waals surface area contributed by atoms with Crippen LogP contribution in [0.2, 0.25) is 0 Å². The molecule has 1 N–H and O–H groups in total. The Bertz CT molecular complexity index is 596. The fraction of sp³-hybridized carbons (Fsp3) is 0.385. The summed E-state index contributed by atoms with van der Waals surface area (Å²) >= 11 is 0. The molecule has 0 fully saturated rings. The summed E-state index contributed by atoms with van der Waals surface area (Å²) in [6, 6.07) is 7.28. The van der Waals surface area contributed by atoms with Crippen LogP contribution in [0, 0.1) is 0 Å². The van der Waals surface area contributed by atoms with E-state index in [2.05, 4.69) is 15.5 Å². The Hall–Kier alpha value is -2.48. The van der Waals surface area contributed by atoms with E-state index in [1.807, 2.05) is 12.1 Å². The Morgan fingerprint density at radius 1 is 1.33 bits per heavy atom. The minimum absolute atomic E-state index is 0.113. The van der Waals surface area contributed by atoms with Crippen LogP contribution in [-0.4, -0.2) is 51.6 Å². The minimum atomic E-state index is -0.930. The van der Waals surface area contributed by atoms with Crippen LogP contribution < -0.4 is 4.74 Å². The molecule has 8 heteroatoms. The molecule has 0 spiro atoms. The second kappa shape index (κ2) is 6.80. The van der Waals surface area contributed by atoms with Gasteiger partial charge in [-0.2, -0.15) is 0 Å². The van der Waals surface area contributed by atoms with E-state index in [4.69, 9.17) is 14.6 Å². The van der Waals surface area contributed by atoms with E-state index in [1.165, 1.54) is 11.8 Å². The van der Waals surface area contributed by atoms with Crippen molar-refractivity contribution in [1.82, 2.24) is 20.2 Å². The zero-order chi connectivity index (χ0) is 15.2. The van der Waals surface area contributed by atoms with Gasteiger partial charge >= 0.3 is 5.97 Å². The smallest absolute Gasteiger partial charge is 0.306 e. The largest absolute Gasteiger partial charge is 0.497 e. The second-order valence-corrected chi connectivity index (χ2v) is 4.37. The zero-order valence-corrected chi connectivity index (χ0v) is 11.8. The van der Waals surface area contributed by atoms with Crippen molar-refractivity contribution in [1.29, 1.82) is 0 Å². The van der Waals surface area contributed by atoms with Gasteiger partial charge in [-0.15, -0.1) is 5.10 Å². The van der Waals surface area contributed by atoms with Gasteiger partial charge in [0.15, 0.2) is 5.82 Å². The monoisotopic (exact) mass is 292 g/mol. The molecule has 0 amide bonds. The lowest BCUT2D eigenvalue weighted by Gasteiger charge is -2.13. The highest BCUT2D eigenvalue weighted by Crippen LogP contribution is 2.20. The zero-order valence-electron chi connectivity index (χ0n) is 11.8. The molecule has 0 aliphatic rings. The maximum Gasteiger partial charge on any atom is 0.306 e. The van der Waals surface area contributed by atoms with Crippen molar-refractivity contribution < 1.29 is 19.4 Å². The summed E-state index contributed by atoms with van der Waals surface area (Å²) in [5.74, 6) is 0.351. The number of tetrazole rings is 1. The molecule has 2 rings (SSSR count). The normalized spacial score (nSPS) is 12.1. The van der Waals surface area contributed by atoms with E-state index >= 15 is 0 Å². The molecule has 1 unspecified atom stereocenters. The molecule has 1 aromatic carbocycles. The Morgan fingerprint density at radius 2 is 2.05 bits per heavy atom. The number of benzene rings is 1. The van der Waals surface area contributed by atoms with Gasteiger partial charge in [0, 0.05) is 12.7 Å². The minimum Gasteiger partial charge on any atom is -0.497 e. The molecule has 0 aliphatic heterocycles. The molecule has 0 saturated heterocycles. The number of methoxy groups -OCH3 is 2. The van der Waals surface area contributed by atoms with E-state index in [1.54, 1.807) is 19.2 Å². The van der Waals surface area contributed by atoms with Gasteiger partial charge in [-0.3, -0.25) is 4.79 Å². The molecule has 0 radical (unpaired) electrons. The van der Waals surface area contributed by atoms with Crippen molar-refractivity contribution in [2.75, 3.05) is 14.2 Å². The van der Waals surface area contributed by atoms with E-state index in [0.29, 0.717) is 5.82 Å². The van der Waals surface area contributed by atoms with Crippen LogP contribution in [-0.2, 0) is 16.1 Å². The van der Waals surface area contributed by atoms with Crippen LogP contribution in [0.15, 0.2) is 24.3 Å². The lowest BCUT2D eigenvalue weighted by molar-refractivity contribution is -0.140. The first kappa shape index (κ1) is 14.9. The third kappa shape index (κ3) is 3.76. The van der Waals surface area contributed by atoms with E-state index in [0.717, 1.165) is 11.3 Å². The number of aromatic nitrogens is 4. The second-order valence-electron chi connectivity index (χ2n) is 4.37. The number of nitrogens with zero attached hydrogens (tertiary/aromatic N) is 4. The van der Waals surface area contributed by atoms with Gasteiger partial charge in [0.25, 0.3) is 0 Å². The van der Waals surface area contributed by atoms with Crippen molar-refractivity contribution >= 4 is 5.97 Å². The molecule has 8 nitrogen and oxygen atoms in total. The summed E-state index contributed by atoms with van der Waals surface area (Å²) in [4.78, 5) is 10.8. The highest BCUT2D eigenvalue weighted by Gasteiger charge is 2.17. The first-order valence-electron chi connectivity index (χ1n) is 6.29. The van der Waals surface area contributed by atoms with Gasteiger partial charge in [0.2, 0.25) is 0 Å². The third-order valence-corrected chi connectivity index (χ3v) is 2.99. The standard InChI is InChI=1S/C13H16N4O4/c1-20-10-5-3-9(4-6-10)13-14-15-16-17(13)8-11(21-2)7-12(18)19/h3-6,11H,7-8H2,1-2H3,(H,18,19). The number of carboxylic acid groups (broad SMARTS) is 1. The number of rotatable bonds is 7. The highest BCUT2D eigenvalue weighted by atomic mass is 16.5. The first-order valence-corrected chi connectivity index (χ1v) is 6.29. The lowest BCUT2D eigenvalue weighted by atomic mass is 10.2. The topological polar surface area (TPSA) is 99.4 Å². The summed E-state index contributed by atoms with van der Waals surface area (Å²) in [6.07, 6.45) is -0.610. The van der Waals surface area contributed by atoms with Gasteiger partial charge in [-0.1, -0.05) is 0 Å². The summed E-state index contributed by atoms with van der Waals surface area (Å²) in [5, 5.41) is 20.3. The van der Waals surface area contributed by atoms with Crippen molar-refractivity contribution in [3.63, 3.8) is 0 Å². The van der Waals surface area contributed by atoms with E-state index in [-0.39, 0.29) is 13.0 Å². The molecule has 0 saturated carbocycles. The lowest BCUT2D eigenvalue weighted by Crippen LogP contribution is -2.23. The summed E-state index contributed by atoms with van der Waals surface area (Å²) in [5.41, 5.74) is 0.811. The molecular formula is C13H16N4O4. The van der Waals surface area contributed by atoms with Crippen molar-refractivity contribution in [3.8, 4) is 17.1 Å². The van der Waals surface area contributed by atoms with Gasteiger partial charge in [0.05, 0.1) is 26.2 Å². The fourth-order valence-corrected chi connectivity index (χ4v) is 1.88. The molecule has 1 atom stereocenters. The van der Waals surface area contributed by atoms with E-state index in [9.17, 15) is 4.79 Å². The number of ether oxygens (including phenoxy) is 2. The molecule has 21 heavy (non-hydrogen) atoms. The Labute approximate surface area is 121 Å². The summed E-state index contributed by atoms with van der Waals surface area (Å²) in [7, 11) is 3.05. The fourth-order valence-electron chi connectivity index (χ4n) is 1.88. The predicted octanol–water partition coefficient (Wildman–Crippen LogP) is 0.838. The maximum absolute atomic E-state index is 10.8. The first-order chi connectivity index (χ1) is 10.1. The van der Waals surface area contributed by atoms with Crippen LogP contribution in [0.1, 0.15) is 6.42 Å². The quantitative estimate of drug-likeness (QED) is 0.807. The molecular weight excluding hydrogens is 276 g/mol. The Kier molecular flexibility index (Phi) is 4.83. The molecule has 112 valence electrons. The van der Waals surface area contributed by atoms with Crippen LogP contribution in [0.5, 0.6) is 5.75 Å². The van der Waals surface area contributed by atoms with Gasteiger partial charge < -0.3 is 14.6 Å². The molecule has 1 aromatic heterocycles. The predicted molar refractivity (Wildman–Crippen MR) is 72.9 cm³/mol. The number of hydrogen-bond donors (Lipinski definition) is 1. The van der Waals surface area contributed by atoms with Gasteiger partial charge in [0.1, 0.15) is 5.75 Å². The highest BCUT2D eigenvalue weighted by molar-refractivity contribution is 5.67. The molecule has 0 aliphatic carbocycles. The molecule has 1 heterocycles.